The molecule has 2 heterocycles. The second-order valence-electron chi connectivity index (χ2n) is 5.92. The number of aromatic nitrogens is 1. The molecule has 0 bridgehead atoms. The van der Waals surface area contributed by atoms with Crippen molar-refractivity contribution in [2.45, 2.75) is 39.2 Å². The molecule has 0 radical (unpaired) electrons. The number of aryl methyl sites for hydroxylation is 1. The zero-order valence-electron chi connectivity index (χ0n) is 13.4. The lowest BCUT2D eigenvalue weighted by atomic mass is 9.98. The van der Waals surface area contributed by atoms with Gasteiger partial charge in [-0.25, -0.2) is 4.98 Å². The highest BCUT2D eigenvalue weighted by molar-refractivity contribution is 7.09. The monoisotopic (exact) mass is 311 g/mol. The van der Waals surface area contributed by atoms with Gasteiger partial charge in [-0.2, -0.15) is 0 Å². The van der Waals surface area contributed by atoms with Crippen molar-refractivity contribution in [2.24, 2.45) is 5.92 Å². The van der Waals surface area contributed by atoms with Gasteiger partial charge in [-0.3, -0.25) is 4.90 Å². The van der Waals surface area contributed by atoms with Crippen molar-refractivity contribution in [1.82, 2.24) is 15.2 Å². The molecule has 1 aromatic rings. The van der Waals surface area contributed by atoms with Crippen molar-refractivity contribution < 1.29 is 4.74 Å². The van der Waals surface area contributed by atoms with Crippen LogP contribution in [-0.2, 0) is 17.7 Å². The molecule has 2 rings (SSSR count). The topological polar surface area (TPSA) is 37.4 Å². The van der Waals surface area contributed by atoms with Gasteiger partial charge in [-0.15, -0.1) is 11.3 Å². The highest BCUT2D eigenvalue weighted by Crippen LogP contribution is 2.19. The second kappa shape index (κ2) is 9.51. The molecular formula is C16H29N3OS. The van der Waals surface area contributed by atoms with Crippen molar-refractivity contribution in [1.29, 1.82) is 0 Å². The number of piperidine rings is 1. The second-order valence-corrected chi connectivity index (χ2v) is 6.87. The van der Waals surface area contributed by atoms with E-state index in [2.05, 4.69) is 22.5 Å². The molecule has 0 saturated carbocycles. The van der Waals surface area contributed by atoms with Gasteiger partial charge in [0.2, 0.25) is 0 Å². The first kappa shape index (κ1) is 16.9. The van der Waals surface area contributed by atoms with Crippen LogP contribution in [0.4, 0.5) is 0 Å². The molecule has 5 heteroatoms. The van der Waals surface area contributed by atoms with Crippen molar-refractivity contribution in [3.63, 3.8) is 0 Å². The molecule has 0 aromatic carbocycles. The number of likely N-dealkylation sites (tertiary alicyclic amines) is 1. The number of ether oxygens (including phenoxy) is 1. The number of hydrogen-bond donors (Lipinski definition) is 1. The third-order valence-electron chi connectivity index (χ3n) is 3.97. The highest BCUT2D eigenvalue weighted by Gasteiger charge is 2.20. The van der Waals surface area contributed by atoms with E-state index in [4.69, 9.17) is 9.72 Å². The molecule has 4 nitrogen and oxygen atoms in total. The molecule has 1 atom stereocenters. The lowest BCUT2D eigenvalue weighted by Gasteiger charge is -2.32. The smallest absolute Gasteiger partial charge is 0.0928 e. The Morgan fingerprint density at radius 1 is 1.52 bits per heavy atom. The SMILES string of the molecule is CCCc1nc(CN2CCCC(CNCCOC)C2)cs1. The van der Waals surface area contributed by atoms with Crippen LogP contribution in [0.1, 0.15) is 36.9 Å². The van der Waals surface area contributed by atoms with Crippen molar-refractivity contribution in [2.75, 3.05) is 39.9 Å². The Hall–Kier alpha value is -0.490. The standard InChI is InChI=1S/C16H29N3OS/c1-3-5-16-18-15(13-21-16)12-19-8-4-6-14(11-19)10-17-7-9-20-2/h13-14,17H,3-12H2,1-2H3. The van der Waals surface area contributed by atoms with Gasteiger partial charge in [-0.1, -0.05) is 6.92 Å². The van der Waals surface area contributed by atoms with Crippen molar-refractivity contribution in [3.05, 3.63) is 16.1 Å². The van der Waals surface area contributed by atoms with E-state index in [1.54, 1.807) is 7.11 Å². The van der Waals surface area contributed by atoms with Gasteiger partial charge in [0.25, 0.3) is 0 Å². The Morgan fingerprint density at radius 2 is 2.43 bits per heavy atom. The zero-order chi connectivity index (χ0) is 14.9. The van der Waals surface area contributed by atoms with E-state index >= 15 is 0 Å². The Labute approximate surface area is 132 Å². The van der Waals surface area contributed by atoms with Crippen LogP contribution >= 0.6 is 11.3 Å². The third kappa shape index (κ3) is 6.02. The summed E-state index contributed by atoms with van der Waals surface area (Å²) in [4.78, 5) is 7.32. The molecule has 1 aromatic heterocycles. The molecule has 21 heavy (non-hydrogen) atoms. The maximum absolute atomic E-state index is 5.07. The van der Waals surface area contributed by atoms with E-state index in [0.29, 0.717) is 0 Å². The van der Waals surface area contributed by atoms with Crippen LogP contribution in [0.5, 0.6) is 0 Å². The van der Waals surface area contributed by atoms with Gasteiger partial charge in [0.15, 0.2) is 0 Å². The first-order valence-corrected chi connectivity index (χ1v) is 9.05. The largest absolute Gasteiger partial charge is 0.383 e. The van der Waals surface area contributed by atoms with E-state index in [1.807, 2.05) is 11.3 Å². The Balaban J connectivity index is 1.72. The summed E-state index contributed by atoms with van der Waals surface area (Å²) >= 11 is 1.82. The van der Waals surface area contributed by atoms with E-state index in [1.165, 1.54) is 43.1 Å². The zero-order valence-corrected chi connectivity index (χ0v) is 14.3. The molecular weight excluding hydrogens is 282 g/mol. The Kier molecular flexibility index (Phi) is 7.64. The maximum Gasteiger partial charge on any atom is 0.0928 e. The minimum Gasteiger partial charge on any atom is -0.383 e. The fraction of sp³-hybridized carbons (Fsp3) is 0.812. The number of thiazole rings is 1. The number of methoxy groups -OCH3 is 1. The Morgan fingerprint density at radius 3 is 3.24 bits per heavy atom. The van der Waals surface area contributed by atoms with E-state index in [0.717, 1.165) is 38.6 Å². The fourth-order valence-corrected chi connectivity index (χ4v) is 3.81. The number of hydrogen-bond acceptors (Lipinski definition) is 5. The van der Waals surface area contributed by atoms with Gasteiger partial charge in [-0.05, 0) is 44.7 Å². The van der Waals surface area contributed by atoms with E-state index < -0.39 is 0 Å². The maximum atomic E-state index is 5.07. The van der Waals surface area contributed by atoms with Gasteiger partial charge >= 0.3 is 0 Å². The van der Waals surface area contributed by atoms with Crippen molar-refractivity contribution >= 4 is 11.3 Å². The lowest BCUT2D eigenvalue weighted by molar-refractivity contribution is 0.158. The van der Waals surface area contributed by atoms with Gasteiger partial charge < -0.3 is 10.1 Å². The van der Waals surface area contributed by atoms with Gasteiger partial charge in [0.1, 0.15) is 0 Å². The van der Waals surface area contributed by atoms with Crippen LogP contribution in [-0.4, -0.2) is 49.8 Å². The number of nitrogens with zero attached hydrogens (tertiary/aromatic N) is 2. The minimum atomic E-state index is 0.768. The molecule has 1 saturated heterocycles. The molecule has 0 spiro atoms. The average Bonchev–Trinajstić information content (AvgIpc) is 2.92. The average molecular weight is 311 g/mol. The predicted octanol–water partition coefficient (Wildman–Crippen LogP) is 2.54. The first-order chi connectivity index (χ1) is 10.3. The molecule has 1 fully saturated rings. The first-order valence-electron chi connectivity index (χ1n) is 8.17. The summed E-state index contributed by atoms with van der Waals surface area (Å²) in [7, 11) is 1.75. The molecule has 120 valence electrons. The summed E-state index contributed by atoms with van der Waals surface area (Å²) < 4.78 is 5.07. The highest BCUT2D eigenvalue weighted by atomic mass is 32.1. The molecule has 1 N–H and O–H groups in total. The predicted molar refractivity (Wildman–Crippen MR) is 88.9 cm³/mol. The molecule has 1 aliphatic heterocycles. The molecule has 0 amide bonds. The summed E-state index contributed by atoms with van der Waals surface area (Å²) in [6.07, 6.45) is 4.96. The fourth-order valence-electron chi connectivity index (χ4n) is 2.92. The van der Waals surface area contributed by atoms with Gasteiger partial charge in [0, 0.05) is 32.1 Å². The summed E-state index contributed by atoms with van der Waals surface area (Å²) in [6, 6.07) is 0. The van der Waals surface area contributed by atoms with Crippen LogP contribution in [0.3, 0.4) is 0 Å². The normalized spacial score (nSPS) is 20.0. The van der Waals surface area contributed by atoms with E-state index in [-0.39, 0.29) is 0 Å². The van der Waals surface area contributed by atoms with Crippen molar-refractivity contribution in [3.8, 4) is 0 Å². The summed E-state index contributed by atoms with van der Waals surface area (Å²) in [6.45, 7) is 8.52. The van der Waals surface area contributed by atoms with Crippen LogP contribution in [0.15, 0.2) is 5.38 Å². The van der Waals surface area contributed by atoms with E-state index in [9.17, 15) is 0 Å². The molecule has 1 aliphatic rings. The summed E-state index contributed by atoms with van der Waals surface area (Å²) in [5, 5.41) is 7.03. The van der Waals surface area contributed by atoms with Crippen LogP contribution < -0.4 is 5.32 Å². The summed E-state index contributed by atoms with van der Waals surface area (Å²) in [5.74, 6) is 0.768. The lowest BCUT2D eigenvalue weighted by Crippen LogP contribution is -2.39. The van der Waals surface area contributed by atoms with Crippen LogP contribution in [0.25, 0.3) is 0 Å². The van der Waals surface area contributed by atoms with Crippen LogP contribution in [0.2, 0.25) is 0 Å². The Bertz CT molecular complexity index is 397. The minimum absolute atomic E-state index is 0.768. The number of rotatable bonds is 9. The molecule has 0 aliphatic carbocycles. The summed E-state index contributed by atoms with van der Waals surface area (Å²) in [5.41, 5.74) is 1.26. The molecule has 1 unspecified atom stereocenters. The van der Waals surface area contributed by atoms with Gasteiger partial charge in [0.05, 0.1) is 17.3 Å². The van der Waals surface area contributed by atoms with Crippen LogP contribution in [0, 0.1) is 5.92 Å². The third-order valence-corrected chi connectivity index (χ3v) is 4.93. The number of nitrogens with one attached hydrogen (secondary N) is 1. The quantitative estimate of drug-likeness (QED) is 0.711.